The zero-order valence-corrected chi connectivity index (χ0v) is 14.4. The van der Waals surface area contributed by atoms with Gasteiger partial charge < -0.3 is 10.2 Å². The highest BCUT2D eigenvalue weighted by atomic mass is 15.3. The van der Waals surface area contributed by atoms with Gasteiger partial charge in [0, 0.05) is 29.5 Å². The van der Waals surface area contributed by atoms with E-state index in [1.54, 1.807) is 0 Å². The molecule has 2 heterocycles. The highest BCUT2D eigenvalue weighted by molar-refractivity contribution is 5.66. The van der Waals surface area contributed by atoms with Crippen LogP contribution in [-0.4, -0.2) is 22.6 Å². The van der Waals surface area contributed by atoms with Gasteiger partial charge in [-0.3, -0.25) is 0 Å². The lowest BCUT2D eigenvalue weighted by Gasteiger charge is -2.19. The molecule has 1 fully saturated rings. The van der Waals surface area contributed by atoms with Gasteiger partial charge in [0.2, 0.25) is 5.95 Å². The second-order valence-corrected chi connectivity index (χ2v) is 7.01. The minimum Gasteiger partial charge on any atom is -0.353 e. The second kappa shape index (κ2) is 5.22. The zero-order valence-electron chi connectivity index (χ0n) is 14.4. The summed E-state index contributed by atoms with van der Waals surface area (Å²) in [4.78, 5) is 12.0. The molecule has 0 unspecified atom stereocenters. The van der Waals surface area contributed by atoms with Gasteiger partial charge in [0.25, 0.3) is 0 Å². The maximum Gasteiger partial charge on any atom is 0.229 e. The van der Waals surface area contributed by atoms with E-state index in [-0.39, 0.29) is 0 Å². The molecule has 1 aliphatic heterocycles. The molecule has 0 amide bonds. The van der Waals surface area contributed by atoms with Crippen molar-refractivity contribution in [1.29, 1.82) is 0 Å². The van der Waals surface area contributed by atoms with Crippen molar-refractivity contribution in [3.05, 3.63) is 40.1 Å². The van der Waals surface area contributed by atoms with Crippen molar-refractivity contribution in [3.8, 4) is 0 Å². The molecule has 0 saturated heterocycles. The predicted molar refractivity (Wildman–Crippen MR) is 94.8 cm³/mol. The Morgan fingerprint density at radius 2 is 1.74 bits per heavy atom. The van der Waals surface area contributed by atoms with E-state index in [0.29, 0.717) is 6.04 Å². The molecule has 4 nitrogen and oxygen atoms in total. The van der Waals surface area contributed by atoms with Gasteiger partial charge in [-0.15, -0.1) is 0 Å². The number of fused-ring (bicyclic) bond motifs is 1. The Morgan fingerprint density at radius 1 is 1.04 bits per heavy atom. The largest absolute Gasteiger partial charge is 0.353 e. The number of rotatable bonds is 3. The number of anilines is 3. The van der Waals surface area contributed by atoms with Crippen molar-refractivity contribution in [2.45, 2.75) is 53.0 Å². The van der Waals surface area contributed by atoms with E-state index in [1.807, 2.05) is 0 Å². The number of nitrogens with zero attached hydrogens (tertiary/aromatic N) is 3. The lowest BCUT2D eigenvalue weighted by molar-refractivity contribution is 0.820. The Morgan fingerprint density at radius 3 is 2.39 bits per heavy atom. The third-order valence-corrected chi connectivity index (χ3v) is 4.97. The first-order valence-corrected chi connectivity index (χ1v) is 8.52. The summed E-state index contributed by atoms with van der Waals surface area (Å²) in [7, 11) is 0. The lowest BCUT2D eigenvalue weighted by Crippen LogP contribution is -2.23. The Bertz CT molecular complexity index is 754. The monoisotopic (exact) mass is 308 g/mol. The average molecular weight is 308 g/mol. The van der Waals surface area contributed by atoms with Crippen molar-refractivity contribution in [3.63, 3.8) is 0 Å². The van der Waals surface area contributed by atoms with E-state index >= 15 is 0 Å². The van der Waals surface area contributed by atoms with Gasteiger partial charge in [-0.25, -0.2) is 4.98 Å². The number of hydrogen-bond acceptors (Lipinski definition) is 4. The van der Waals surface area contributed by atoms with E-state index in [9.17, 15) is 0 Å². The third-order valence-electron chi connectivity index (χ3n) is 4.97. The van der Waals surface area contributed by atoms with Gasteiger partial charge in [-0.1, -0.05) is 17.7 Å². The van der Waals surface area contributed by atoms with Gasteiger partial charge in [-0.2, -0.15) is 4.98 Å². The number of hydrogen-bond donors (Lipinski definition) is 1. The third kappa shape index (κ3) is 2.56. The summed E-state index contributed by atoms with van der Waals surface area (Å²) in [6.07, 6.45) is 3.70. The fraction of sp³-hybridized carbons (Fsp3) is 0.474. The predicted octanol–water partition coefficient (Wildman–Crippen LogP) is 3.98. The first-order chi connectivity index (χ1) is 11.0. The molecular formula is C19H24N4. The van der Waals surface area contributed by atoms with E-state index in [1.165, 1.54) is 35.1 Å². The summed E-state index contributed by atoms with van der Waals surface area (Å²) in [5.41, 5.74) is 7.34. The van der Waals surface area contributed by atoms with Gasteiger partial charge in [0.15, 0.2) is 0 Å². The number of benzene rings is 1. The highest BCUT2D eigenvalue weighted by Gasteiger charge is 2.35. The molecule has 2 aliphatic rings. The van der Waals surface area contributed by atoms with Crippen LogP contribution < -0.4 is 10.2 Å². The van der Waals surface area contributed by atoms with Crippen LogP contribution in [-0.2, 0) is 6.42 Å². The van der Waals surface area contributed by atoms with E-state index in [2.05, 4.69) is 50.0 Å². The molecule has 4 rings (SSSR count). The maximum atomic E-state index is 4.86. The fourth-order valence-corrected chi connectivity index (χ4v) is 3.74. The van der Waals surface area contributed by atoms with E-state index in [0.717, 1.165) is 36.1 Å². The van der Waals surface area contributed by atoms with Crippen molar-refractivity contribution in [1.82, 2.24) is 9.97 Å². The van der Waals surface area contributed by atoms with Gasteiger partial charge in [0.1, 0.15) is 5.82 Å². The van der Waals surface area contributed by atoms with Crippen LogP contribution in [0, 0.1) is 27.7 Å². The number of aromatic nitrogens is 2. The van der Waals surface area contributed by atoms with Crippen LogP contribution in [0.4, 0.5) is 17.5 Å². The summed E-state index contributed by atoms with van der Waals surface area (Å²) >= 11 is 0. The van der Waals surface area contributed by atoms with E-state index < -0.39 is 0 Å². The summed E-state index contributed by atoms with van der Waals surface area (Å²) in [6.45, 7) is 9.62. The molecule has 4 heteroatoms. The average Bonchev–Trinajstić information content (AvgIpc) is 3.23. The summed E-state index contributed by atoms with van der Waals surface area (Å²) in [6, 6.07) is 5.11. The van der Waals surface area contributed by atoms with Crippen molar-refractivity contribution < 1.29 is 0 Å². The Hall–Kier alpha value is -2.10. The molecule has 0 atom stereocenters. The van der Waals surface area contributed by atoms with Gasteiger partial charge in [0.05, 0.1) is 0 Å². The van der Waals surface area contributed by atoms with Crippen LogP contribution in [0.1, 0.15) is 40.8 Å². The molecule has 1 saturated carbocycles. The topological polar surface area (TPSA) is 41.1 Å². The molecule has 1 aromatic carbocycles. The van der Waals surface area contributed by atoms with Crippen LogP contribution in [0.5, 0.6) is 0 Å². The Balaban J connectivity index is 1.71. The first-order valence-electron chi connectivity index (χ1n) is 8.52. The summed E-state index contributed by atoms with van der Waals surface area (Å²) < 4.78 is 0. The minimum absolute atomic E-state index is 0.709. The molecule has 0 bridgehead atoms. The maximum absolute atomic E-state index is 4.86. The molecule has 1 aliphatic carbocycles. The molecule has 0 radical (unpaired) electrons. The first kappa shape index (κ1) is 14.5. The van der Waals surface area contributed by atoms with Gasteiger partial charge >= 0.3 is 0 Å². The highest BCUT2D eigenvalue weighted by Crippen LogP contribution is 2.38. The van der Waals surface area contributed by atoms with Crippen molar-refractivity contribution in [2.24, 2.45) is 0 Å². The molecule has 1 N–H and O–H groups in total. The van der Waals surface area contributed by atoms with E-state index in [4.69, 9.17) is 9.97 Å². The van der Waals surface area contributed by atoms with Crippen LogP contribution in [0.2, 0.25) is 0 Å². The van der Waals surface area contributed by atoms with Crippen LogP contribution in [0.3, 0.4) is 0 Å². The summed E-state index contributed by atoms with van der Waals surface area (Å²) in [5, 5.41) is 3.47. The quantitative estimate of drug-likeness (QED) is 0.931. The van der Waals surface area contributed by atoms with Gasteiger partial charge in [-0.05, 0) is 58.1 Å². The zero-order chi connectivity index (χ0) is 16.1. The minimum atomic E-state index is 0.709. The van der Waals surface area contributed by atoms with Crippen LogP contribution in [0.15, 0.2) is 12.1 Å². The number of nitrogens with one attached hydrogen (secondary N) is 1. The van der Waals surface area contributed by atoms with Crippen LogP contribution in [0.25, 0.3) is 0 Å². The van der Waals surface area contributed by atoms with Crippen LogP contribution >= 0.6 is 0 Å². The summed E-state index contributed by atoms with van der Waals surface area (Å²) in [5.74, 6) is 1.88. The van der Waals surface area contributed by atoms with Crippen molar-refractivity contribution >= 4 is 17.5 Å². The van der Waals surface area contributed by atoms with Crippen molar-refractivity contribution in [2.75, 3.05) is 16.8 Å². The molecule has 120 valence electrons. The molecule has 1 aromatic heterocycles. The normalized spacial score (nSPS) is 16.6. The molecular weight excluding hydrogens is 284 g/mol. The lowest BCUT2D eigenvalue weighted by atomic mass is 10.1. The molecule has 0 spiro atoms. The molecule has 2 aromatic rings. The smallest absolute Gasteiger partial charge is 0.229 e. The standard InChI is InChI=1S/C19H24N4/c1-11-9-12(2)17(13(3)10-11)21-19-20-14(4)16-7-8-23(15-5-6-15)18(16)22-19/h9-10,15H,5-8H2,1-4H3,(H,20,21,22). The molecule has 23 heavy (non-hydrogen) atoms. The SMILES string of the molecule is Cc1cc(C)c(Nc2nc(C)c3c(n2)N(C2CC2)CC3)c(C)c1. The fourth-order valence-electron chi connectivity index (χ4n) is 3.74. The number of aryl methyl sites for hydroxylation is 4. The Kier molecular flexibility index (Phi) is 3.29. The second-order valence-electron chi connectivity index (χ2n) is 7.01. The Labute approximate surface area is 138 Å².